The van der Waals surface area contributed by atoms with Crippen molar-refractivity contribution in [1.82, 2.24) is 4.31 Å². The summed E-state index contributed by atoms with van der Waals surface area (Å²) in [5.74, 6) is -0.540. The van der Waals surface area contributed by atoms with E-state index in [9.17, 15) is 12.8 Å². The molecular weight excluding hydrogens is 291 g/mol. The minimum atomic E-state index is -3.87. The van der Waals surface area contributed by atoms with Gasteiger partial charge in [0, 0.05) is 13.1 Å². The van der Waals surface area contributed by atoms with Crippen molar-refractivity contribution in [1.29, 1.82) is 5.26 Å². The van der Waals surface area contributed by atoms with Crippen LogP contribution in [0.5, 0.6) is 0 Å². The highest BCUT2D eigenvalue weighted by Crippen LogP contribution is 2.31. The van der Waals surface area contributed by atoms with Gasteiger partial charge < -0.3 is 0 Å². The zero-order valence-corrected chi connectivity index (χ0v) is 13.0. The van der Waals surface area contributed by atoms with E-state index in [2.05, 4.69) is 0 Å². The Morgan fingerprint density at radius 1 is 1.33 bits per heavy atom. The molecule has 1 aromatic carbocycles. The van der Waals surface area contributed by atoms with Crippen molar-refractivity contribution in [2.75, 3.05) is 7.05 Å². The predicted molar refractivity (Wildman–Crippen MR) is 77.5 cm³/mol. The average Bonchev–Trinajstić information content (AvgIpc) is 2.46. The van der Waals surface area contributed by atoms with Gasteiger partial charge in [-0.3, -0.25) is 0 Å². The number of hydrogen-bond donors (Lipinski definition) is 0. The van der Waals surface area contributed by atoms with E-state index < -0.39 is 21.4 Å². The summed E-state index contributed by atoms with van der Waals surface area (Å²) in [6, 6.07) is 5.27. The summed E-state index contributed by atoms with van der Waals surface area (Å²) in [5, 5.41) is 9.03. The maximum atomic E-state index is 13.7. The van der Waals surface area contributed by atoms with Gasteiger partial charge in [0.1, 0.15) is 22.3 Å². The Balaban J connectivity index is 2.43. The van der Waals surface area contributed by atoms with Crippen LogP contribution in [0.25, 0.3) is 0 Å². The lowest BCUT2D eigenvalue weighted by Crippen LogP contribution is -2.42. The molecule has 0 spiro atoms. The Bertz CT molecular complexity index is 667. The molecule has 0 saturated heterocycles. The molecule has 0 amide bonds. The number of nitriles is 1. The van der Waals surface area contributed by atoms with Crippen LogP contribution in [-0.2, 0) is 10.0 Å². The van der Waals surface area contributed by atoms with Crippen molar-refractivity contribution in [3.05, 3.63) is 29.6 Å². The van der Waals surface area contributed by atoms with Gasteiger partial charge in [0.25, 0.3) is 0 Å². The summed E-state index contributed by atoms with van der Waals surface area (Å²) < 4.78 is 40.4. The van der Waals surface area contributed by atoms with Crippen LogP contribution >= 0.6 is 0 Å². The summed E-state index contributed by atoms with van der Waals surface area (Å²) in [4.78, 5) is -0.245. The van der Waals surface area contributed by atoms with Crippen LogP contribution in [0.4, 0.5) is 4.39 Å². The van der Waals surface area contributed by atoms with Crippen LogP contribution in [0.3, 0.4) is 0 Å². The van der Waals surface area contributed by atoms with Crippen LogP contribution in [0.2, 0.25) is 0 Å². The van der Waals surface area contributed by atoms with Gasteiger partial charge in [-0.25, -0.2) is 12.8 Å². The van der Waals surface area contributed by atoms with Gasteiger partial charge in [-0.05, 0) is 30.9 Å². The molecule has 1 aliphatic carbocycles. The first-order valence-electron chi connectivity index (χ1n) is 7.06. The van der Waals surface area contributed by atoms with E-state index in [-0.39, 0.29) is 16.9 Å². The Kier molecular flexibility index (Phi) is 4.64. The fraction of sp³-hybridized carbons (Fsp3) is 0.533. The van der Waals surface area contributed by atoms with Crippen molar-refractivity contribution in [3.8, 4) is 6.07 Å². The normalized spacial score (nSPS) is 23.0. The lowest BCUT2D eigenvalue weighted by molar-refractivity contribution is 0.213. The summed E-state index contributed by atoms with van der Waals surface area (Å²) in [5.41, 5.74) is -0.409. The van der Waals surface area contributed by atoms with Gasteiger partial charge in [-0.2, -0.15) is 9.57 Å². The van der Waals surface area contributed by atoms with Crippen LogP contribution in [0.1, 0.15) is 38.2 Å². The van der Waals surface area contributed by atoms with Gasteiger partial charge in [-0.1, -0.05) is 25.8 Å². The molecule has 2 unspecified atom stereocenters. The van der Waals surface area contributed by atoms with Crippen LogP contribution in [0.15, 0.2) is 23.1 Å². The van der Waals surface area contributed by atoms with Crippen molar-refractivity contribution in [3.63, 3.8) is 0 Å². The predicted octanol–water partition coefficient (Wildman–Crippen LogP) is 2.90. The Hall–Kier alpha value is -1.45. The fourth-order valence-corrected chi connectivity index (χ4v) is 4.63. The van der Waals surface area contributed by atoms with Gasteiger partial charge in [0.2, 0.25) is 10.0 Å². The lowest BCUT2D eigenvalue weighted by atomic mass is 9.86. The van der Waals surface area contributed by atoms with E-state index >= 15 is 0 Å². The molecule has 2 rings (SSSR count). The molecule has 0 bridgehead atoms. The van der Waals surface area contributed by atoms with Crippen molar-refractivity contribution in [2.45, 2.75) is 43.5 Å². The smallest absolute Gasteiger partial charge is 0.207 e. The topological polar surface area (TPSA) is 61.2 Å². The average molecular weight is 310 g/mol. The number of rotatable bonds is 3. The van der Waals surface area contributed by atoms with Crippen molar-refractivity contribution in [2.24, 2.45) is 5.92 Å². The largest absolute Gasteiger partial charge is 0.244 e. The molecular formula is C15H19FN2O2S. The third kappa shape index (κ3) is 2.94. The highest BCUT2D eigenvalue weighted by Gasteiger charge is 2.34. The number of benzene rings is 1. The second-order valence-corrected chi connectivity index (χ2v) is 7.54. The van der Waals surface area contributed by atoms with E-state index in [1.807, 2.05) is 6.92 Å². The van der Waals surface area contributed by atoms with E-state index in [0.717, 1.165) is 31.7 Å². The van der Waals surface area contributed by atoms with E-state index in [1.54, 1.807) is 6.07 Å². The second kappa shape index (κ2) is 6.12. The number of sulfonamides is 1. The second-order valence-electron chi connectivity index (χ2n) is 5.58. The van der Waals surface area contributed by atoms with Crippen LogP contribution < -0.4 is 0 Å². The first-order chi connectivity index (χ1) is 9.89. The highest BCUT2D eigenvalue weighted by molar-refractivity contribution is 7.89. The summed E-state index contributed by atoms with van der Waals surface area (Å²) in [7, 11) is -2.34. The quantitative estimate of drug-likeness (QED) is 0.862. The third-order valence-electron chi connectivity index (χ3n) is 4.28. The number of hydrogen-bond acceptors (Lipinski definition) is 3. The van der Waals surface area contributed by atoms with Crippen molar-refractivity contribution >= 4 is 10.0 Å². The van der Waals surface area contributed by atoms with E-state index in [1.165, 1.54) is 23.5 Å². The first kappa shape index (κ1) is 15.9. The summed E-state index contributed by atoms with van der Waals surface area (Å²) in [6.07, 6.45) is 3.88. The monoisotopic (exact) mass is 310 g/mol. The molecule has 114 valence electrons. The third-order valence-corrected chi connectivity index (χ3v) is 6.20. The molecule has 4 nitrogen and oxygen atoms in total. The van der Waals surface area contributed by atoms with E-state index in [0.29, 0.717) is 0 Å². The Labute approximate surface area is 125 Å². The zero-order valence-electron chi connectivity index (χ0n) is 12.2. The Morgan fingerprint density at radius 3 is 2.62 bits per heavy atom. The molecule has 6 heteroatoms. The number of halogens is 1. The summed E-state index contributed by atoms with van der Waals surface area (Å²) >= 11 is 0. The molecule has 0 heterocycles. The molecule has 0 aliphatic heterocycles. The van der Waals surface area contributed by atoms with Gasteiger partial charge >= 0.3 is 0 Å². The zero-order chi connectivity index (χ0) is 15.6. The molecule has 2 atom stereocenters. The first-order valence-corrected chi connectivity index (χ1v) is 8.50. The molecule has 1 fully saturated rings. The standard InChI is InChI=1S/C15H19FN2O2S/c1-11-6-3-4-8-14(11)18(2)21(19,20)15-9-5-7-13(16)12(15)10-17/h5,7,9,11,14H,3-4,6,8H2,1-2H3. The molecule has 1 aromatic rings. The highest BCUT2D eigenvalue weighted by atomic mass is 32.2. The lowest BCUT2D eigenvalue weighted by Gasteiger charge is -2.35. The molecule has 1 saturated carbocycles. The van der Waals surface area contributed by atoms with Gasteiger partial charge in [0.05, 0.1) is 0 Å². The molecule has 0 radical (unpaired) electrons. The van der Waals surface area contributed by atoms with Gasteiger partial charge in [0.15, 0.2) is 0 Å². The molecule has 0 aromatic heterocycles. The van der Waals surface area contributed by atoms with Crippen molar-refractivity contribution < 1.29 is 12.8 Å². The van der Waals surface area contributed by atoms with Gasteiger partial charge in [-0.15, -0.1) is 0 Å². The maximum absolute atomic E-state index is 13.7. The Morgan fingerprint density at radius 2 is 2.00 bits per heavy atom. The molecule has 0 N–H and O–H groups in total. The maximum Gasteiger partial charge on any atom is 0.244 e. The minimum Gasteiger partial charge on any atom is -0.207 e. The SMILES string of the molecule is CC1CCCCC1N(C)S(=O)(=O)c1cccc(F)c1C#N. The summed E-state index contributed by atoms with van der Waals surface area (Å²) in [6.45, 7) is 2.03. The molecule has 21 heavy (non-hydrogen) atoms. The van der Waals surface area contributed by atoms with E-state index in [4.69, 9.17) is 5.26 Å². The molecule has 1 aliphatic rings. The number of nitrogens with zero attached hydrogens (tertiary/aromatic N) is 2. The minimum absolute atomic E-state index is 0.0986. The van der Waals surface area contributed by atoms with Crippen LogP contribution in [0, 0.1) is 23.1 Å². The van der Waals surface area contributed by atoms with Crippen LogP contribution in [-0.4, -0.2) is 25.8 Å². The fourth-order valence-electron chi connectivity index (χ4n) is 3.00.